The van der Waals surface area contributed by atoms with Crippen LogP contribution < -0.4 is 5.32 Å². The van der Waals surface area contributed by atoms with Gasteiger partial charge in [0.05, 0.1) is 10.5 Å². The minimum Gasteiger partial charge on any atom is -0.322 e. The zero-order chi connectivity index (χ0) is 14.7. The molecule has 0 radical (unpaired) electrons. The number of nitrogens with one attached hydrogen (secondary N) is 1. The van der Waals surface area contributed by atoms with Gasteiger partial charge in [-0.3, -0.25) is 14.9 Å². The number of pyridine rings is 1. The third-order valence-corrected chi connectivity index (χ3v) is 2.97. The zero-order valence-corrected chi connectivity index (χ0v) is 11.2. The van der Waals surface area contributed by atoms with E-state index in [0.717, 1.165) is 0 Å². The second-order valence-electron chi connectivity index (χ2n) is 4.05. The molecule has 6 nitrogen and oxygen atoms in total. The number of aryl methyl sites for hydroxylation is 1. The van der Waals surface area contributed by atoms with E-state index in [0.29, 0.717) is 11.3 Å². The van der Waals surface area contributed by atoms with Crippen LogP contribution in [0.1, 0.15) is 15.9 Å². The molecule has 0 saturated carbocycles. The molecule has 1 aromatic heterocycles. The minimum absolute atomic E-state index is 0.0279. The largest absolute Gasteiger partial charge is 0.322 e. The molecule has 0 atom stereocenters. The molecule has 0 bridgehead atoms. The van der Waals surface area contributed by atoms with Crippen LogP contribution in [0.4, 0.5) is 11.4 Å². The third-order valence-electron chi connectivity index (χ3n) is 2.67. The van der Waals surface area contributed by atoms with Gasteiger partial charge in [0.25, 0.3) is 11.6 Å². The molecule has 0 aliphatic carbocycles. The van der Waals surface area contributed by atoms with Gasteiger partial charge in [-0.05, 0) is 30.7 Å². The topological polar surface area (TPSA) is 85.1 Å². The number of rotatable bonds is 3. The Hall–Kier alpha value is -2.47. The third kappa shape index (κ3) is 2.92. The van der Waals surface area contributed by atoms with Crippen LogP contribution in [0.2, 0.25) is 5.15 Å². The molecule has 2 rings (SSSR count). The molecule has 1 heterocycles. The van der Waals surface area contributed by atoms with Crippen LogP contribution in [0, 0.1) is 17.0 Å². The zero-order valence-electron chi connectivity index (χ0n) is 10.5. The van der Waals surface area contributed by atoms with Crippen molar-refractivity contribution in [1.29, 1.82) is 0 Å². The van der Waals surface area contributed by atoms with E-state index in [-0.39, 0.29) is 16.4 Å². The lowest BCUT2D eigenvalue weighted by atomic mass is 10.1. The lowest BCUT2D eigenvalue weighted by Crippen LogP contribution is -2.13. The van der Waals surface area contributed by atoms with Gasteiger partial charge in [-0.1, -0.05) is 11.6 Å². The molecule has 1 amide bonds. The molecule has 1 N–H and O–H groups in total. The number of carbonyl (C=O) groups is 1. The summed E-state index contributed by atoms with van der Waals surface area (Å²) >= 11 is 5.83. The number of carbonyl (C=O) groups excluding carboxylic acids is 1. The standard InChI is InChI=1S/C13H10ClN3O3/c1-8-7-9(17(19)20)4-5-11(8)16-13(18)10-3-2-6-15-12(10)14/h2-7H,1H3,(H,16,18). The van der Waals surface area contributed by atoms with E-state index in [1.165, 1.54) is 24.4 Å². The molecule has 102 valence electrons. The molecular formula is C13H10ClN3O3. The van der Waals surface area contributed by atoms with Gasteiger partial charge in [-0.25, -0.2) is 4.98 Å². The van der Waals surface area contributed by atoms with E-state index in [9.17, 15) is 14.9 Å². The number of hydrogen-bond donors (Lipinski definition) is 1. The van der Waals surface area contributed by atoms with Crippen molar-refractivity contribution in [2.24, 2.45) is 0 Å². The number of halogens is 1. The maximum atomic E-state index is 12.0. The quantitative estimate of drug-likeness (QED) is 0.534. The number of nitro groups is 1. The number of amides is 1. The second-order valence-corrected chi connectivity index (χ2v) is 4.41. The maximum Gasteiger partial charge on any atom is 0.269 e. The van der Waals surface area contributed by atoms with E-state index in [1.807, 2.05) is 0 Å². The van der Waals surface area contributed by atoms with Gasteiger partial charge in [0.15, 0.2) is 0 Å². The van der Waals surface area contributed by atoms with Crippen molar-refractivity contribution in [2.45, 2.75) is 6.92 Å². The number of non-ortho nitro benzene ring substituents is 1. The number of benzene rings is 1. The van der Waals surface area contributed by atoms with Crippen molar-refractivity contribution in [3.8, 4) is 0 Å². The van der Waals surface area contributed by atoms with Gasteiger partial charge in [0.1, 0.15) is 5.15 Å². The van der Waals surface area contributed by atoms with E-state index in [1.54, 1.807) is 19.1 Å². The predicted molar refractivity (Wildman–Crippen MR) is 75.0 cm³/mol. The van der Waals surface area contributed by atoms with Crippen LogP contribution in [-0.4, -0.2) is 15.8 Å². The predicted octanol–water partition coefficient (Wildman–Crippen LogP) is 3.20. The molecule has 0 aliphatic heterocycles. The van der Waals surface area contributed by atoms with Crippen molar-refractivity contribution in [3.63, 3.8) is 0 Å². The van der Waals surface area contributed by atoms with Crippen molar-refractivity contribution >= 4 is 28.9 Å². The first-order chi connectivity index (χ1) is 9.49. The van der Waals surface area contributed by atoms with Crippen molar-refractivity contribution in [1.82, 2.24) is 4.98 Å². The SMILES string of the molecule is Cc1cc([N+](=O)[O-])ccc1NC(=O)c1cccnc1Cl. The fraction of sp³-hybridized carbons (Fsp3) is 0.0769. The highest BCUT2D eigenvalue weighted by atomic mass is 35.5. The van der Waals surface area contributed by atoms with E-state index < -0.39 is 10.8 Å². The number of aromatic nitrogens is 1. The van der Waals surface area contributed by atoms with Gasteiger partial charge in [0, 0.05) is 24.0 Å². The first kappa shape index (κ1) is 14.0. The Bertz CT molecular complexity index is 688. The van der Waals surface area contributed by atoms with Crippen molar-refractivity contribution in [3.05, 3.63) is 62.9 Å². The molecule has 0 spiro atoms. The van der Waals surface area contributed by atoms with Gasteiger partial charge >= 0.3 is 0 Å². The summed E-state index contributed by atoms with van der Waals surface area (Å²) in [5.74, 6) is -0.417. The molecule has 0 fully saturated rings. The number of anilines is 1. The summed E-state index contributed by atoms with van der Waals surface area (Å²) in [5.41, 5.74) is 1.29. The average Bonchev–Trinajstić information content (AvgIpc) is 2.41. The van der Waals surface area contributed by atoms with Crippen LogP contribution in [-0.2, 0) is 0 Å². The lowest BCUT2D eigenvalue weighted by molar-refractivity contribution is -0.384. The maximum absolute atomic E-state index is 12.0. The summed E-state index contributed by atoms with van der Waals surface area (Å²) in [6, 6.07) is 7.35. The highest BCUT2D eigenvalue weighted by molar-refractivity contribution is 6.33. The first-order valence-corrected chi connectivity index (χ1v) is 6.04. The van der Waals surface area contributed by atoms with Gasteiger partial charge in [-0.2, -0.15) is 0 Å². The second kappa shape index (κ2) is 5.66. The molecule has 0 aliphatic rings. The summed E-state index contributed by atoms with van der Waals surface area (Å²) in [5, 5.41) is 13.4. The van der Waals surface area contributed by atoms with E-state index in [2.05, 4.69) is 10.3 Å². The summed E-state index contributed by atoms with van der Waals surface area (Å²) in [6.07, 6.45) is 1.48. The smallest absolute Gasteiger partial charge is 0.269 e. The van der Waals surface area contributed by atoms with E-state index >= 15 is 0 Å². The average molecular weight is 292 g/mol. The molecule has 2 aromatic rings. The molecule has 7 heteroatoms. The highest BCUT2D eigenvalue weighted by Gasteiger charge is 2.13. The van der Waals surface area contributed by atoms with E-state index in [4.69, 9.17) is 11.6 Å². The number of hydrogen-bond acceptors (Lipinski definition) is 4. The summed E-state index contributed by atoms with van der Waals surface area (Å²) < 4.78 is 0. The fourth-order valence-electron chi connectivity index (χ4n) is 1.65. The van der Waals surface area contributed by atoms with Crippen LogP contribution in [0.3, 0.4) is 0 Å². The summed E-state index contributed by atoms with van der Waals surface area (Å²) in [7, 11) is 0. The normalized spacial score (nSPS) is 10.1. The Labute approximate surface area is 119 Å². The van der Waals surface area contributed by atoms with Gasteiger partial charge < -0.3 is 5.32 Å². The van der Waals surface area contributed by atoms with Crippen molar-refractivity contribution < 1.29 is 9.72 Å². The number of nitro benzene ring substituents is 1. The van der Waals surface area contributed by atoms with Crippen molar-refractivity contribution in [2.75, 3.05) is 5.32 Å². The van der Waals surface area contributed by atoms with Crippen LogP contribution in [0.15, 0.2) is 36.5 Å². The summed E-state index contributed by atoms with van der Waals surface area (Å²) in [6.45, 7) is 1.67. The molecule has 1 aromatic carbocycles. The molecule has 20 heavy (non-hydrogen) atoms. The minimum atomic E-state index is -0.489. The monoisotopic (exact) mass is 291 g/mol. The van der Waals surface area contributed by atoms with Gasteiger partial charge in [0.2, 0.25) is 0 Å². The first-order valence-electron chi connectivity index (χ1n) is 5.66. The Morgan fingerprint density at radius 1 is 1.40 bits per heavy atom. The Balaban J connectivity index is 2.25. The Kier molecular flexibility index (Phi) is 3.95. The number of nitrogens with zero attached hydrogens (tertiary/aromatic N) is 2. The fourth-order valence-corrected chi connectivity index (χ4v) is 1.85. The van der Waals surface area contributed by atoms with Crippen LogP contribution >= 0.6 is 11.6 Å². The molecule has 0 unspecified atom stereocenters. The Morgan fingerprint density at radius 3 is 2.75 bits per heavy atom. The molecule has 0 saturated heterocycles. The lowest BCUT2D eigenvalue weighted by Gasteiger charge is -2.08. The van der Waals surface area contributed by atoms with Gasteiger partial charge in [-0.15, -0.1) is 0 Å². The summed E-state index contributed by atoms with van der Waals surface area (Å²) in [4.78, 5) is 26.0. The Morgan fingerprint density at radius 2 is 2.15 bits per heavy atom. The highest BCUT2D eigenvalue weighted by Crippen LogP contribution is 2.22. The van der Waals surface area contributed by atoms with Crippen LogP contribution in [0.5, 0.6) is 0 Å². The van der Waals surface area contributed by atoms with Crippen LogP contribution in [0.25, 0.3) is 0 Å². The molecular weight excluding hydrogens is 282 g/mol.